The first-order valence-electron chi connectivity index (χ1n) is 9.76. The van der Waals surface area contributed by atoms with Gasteiger partial charge in [0.05, 0.1) is 0 Å². The molecule has 0 radical (unpaired) electrons. The van der Waals surface area contributed by atoms with Crippen molar-refractivity contribution >= 4 is 22.7 Å². The van der Waals surface area contributed by atoms with Gasteiger partial charge in [-0.3, -0.25) is 9.59 Å². The molecule has 2 heterocycles. The van der Waals surface area contributed by atoms with Crippen LogP contribution in [0.4, 0.5) is 0 Å². The number of likely N-dealkylation sites (N-methyl/N-ethyl adjacent to an activating group) is 1. The molecule has 3 N–H and O–H groups in total. The Morgan fingerprint density at radius 2 is 1.96 bits per heavy atom. The molecule has 1 aromatic carbocycles. The van der Waals surface area contributed by atoms with Crippen LogP contribution < -0.4 is 10.6 Å². The molecule has 1 atom stereocenters. The third kappa shape index (κ3) is 4.54. The highest BCUT2D eigenvalue weighted by molar-refractivity contribution is 5.89. The second-order valence-corrected chi connectivity index (χ2v) is 7.77. The van der Waals surface area contributed by atoms with E-state index >= 15 is 0 Å². The van der Waals surface area contributed by atoms with Gasteiger partial charge in [0.1, 0.15) is 6.04 Å². The van der Waals surface area contributed by atoms with E-state index in [0.29, 0.717) is 26.2 Å². The molecule has 1 aromatic heterocycles. The zero-order valence-corrected chi connectivity index (χ0v) is 16.9. The minimum Gasteiger partial charge on any atom is -0.381 e. The lowest BCUT2D eigenvalue weighted by Crippen LogP contribution is -2.58. The Labute approximate surface area is 165 Å². The number of fused-ring (bicyclic) bond motifs is 1. The van der Waals surface area contributed by atoms with E-state index in [1.165, 1.54) is 6.92 Å². The summed E-state index contributed by atoms with van der Waals surface area (Å²) >= 11 is 0. The normalized spacial score (nSPS) is 17.4. The van der Waals surface area contributed by atoms with Crippen molar-refractivity contribution < 1.29 is 14.3 Å². The first-order chi connectivity index (χ1) is 13.4. The third-order valence-corrected chi connectivity index (χ3v) is 5.76. The molecule has 1 saturated heterocycles. The van der Waals surface area contributed by atoms with Crippen LogP contribution in [-0.4, -0.2) is 67.1 Å². The van der Waals surface area contributed by atoms with Crippen LogP contribution in [0, 0.1) is 0 Å². The molecule has 1 fully saturated rings. The highest BCUT2D eigenvalue weighted by Gasteiger charge is 2.35. The summed E-state index contributed by atoms with van der Waals surface area (Å²) in [6.45, 7) is 3.36. The first-order valence-corrected chi connectivity index (χ1v) is 9.76. The Morgan fingerprint density at radius 3 is 2.64 bits per heavy atom. The van der Waals surface area contributed by atoms with Gasteiger partial charge in [0.15, 0.2) is 0 Å². The van der Waals surface area contributed by atoms with Gasteiger partial charge in [0.2, 0.25) is 11.8 Å². The molecule has 0 bridgehead atoms. The third-order valence-electron chi connectivity index (χ3n) is 5.76. The van der Waals surface area contributed by atoms with E-state index in [1.807, 2.05) is 44.6 Å². The zero-order valence-electron chi connectivity index (χ0n) is 16.9. The largest absolute Gasteiger partial charge is 0.381 e. The molecule has 0 spiro atoms. The van der Waals surface area contributed by atoms with Gasteiger partial charge in [-0.05, 0) is 38.6 Å². The topological polar surface area (TPSA) is 86.5 Å². The van der Waals surface area contributed by atoms with Crippen molar-refractivity contribution in [2.75, 3.05) is 33.9 Å². The lowest BCUT2D eigenvalue weighted by atomic mass is 9.88. The molecule has 1 aliphatic heterocycles. The number of carbonyl (C=O) groups is 2. The van der Waals surface area contributed by atoms with Crippen LogP contribution in [0.25, 0.3) is 10.9 Å². The number of benzene rings is 1. The van der Waals surface area contributed by atoms with Crippen LogP contribution in [-0.2, 0) is 20.7 Å². The van der Waals surface area contributed by atoms with Crippen molar-refractivity contribution in [1.29, 1.82) is 0 Å². The Bertz CT molecular complexity index is 824. The van der Waals surface area contributed by atoms with Crippen LogP contribution in [0.3, 0.4) is 0 Å². The number of carbonyl (C=O) groups excluding carboxylic acids is 2. The summed E-state index contributed by atoms with van der Waals surface area (Å²) < 4.78 is 5.49. The van der Waals surface area contributed by atoms with Crippen LogP contribution in [0.1, 0.15) is 25.3 Å². The summed E-state index contributed by atoms with van der Waals surface area (Å²) in [5.41, 5.74) is 1.92. The summed E-state index contributed by atoms with van der Waals surface area (Å²) in [6, 6.07) is 7.34. The van der Waals surface area contributed by atoms with Gasteiger partial charge in [0.25, 0.3) is 0 Å². The summed E-state index contributed by atoms with van der Waals surface area (Å²) in [6.07, 6.45) is 4.08. The number of rotatable bonds is 7. The Balaban J connectivity index is 1.72. The van der Waals surface area contributed by atoms with Gasteiger partial charge in [-0.1, -0.05) is 18.2 Å². The van der Waals surface area contributed by atoms with Crippen LogP contribution >= 0.6 is 0 Å². The number of aromatic amines is 1. The van der Waals surface area contributed by atoms with E-state index < -0.39 is 6.04 Å². The number of aromatic nitrogens is 1. The summed E-state index contributed by atoms with van der Waals surface area (Å²) in [5, 5.41) is 6.96. The average Bonchev–Trinajstić information content (AvgIpc) is 3.09. The van der Waals surface area contributed by atoms with E-state index in [4.69, 9.17) is 4.74 Å². The van der Waals surface area contributed by atoms with Crippen molar-refractivity contribution in [3.63, 3.8) is 0 Å². The van der Waals surface area contributed by atoms with Gasteiger partial charge in [0, 0.05) is 55.7 Å². The van der Waals surface area contributed by atoms with E-state index in [-0.39, 0.29) is 17.4 Å². The molecule has 7 heteroatoms. The van der Waals surface area contributed by atoms with E-state index in [2.05, 4.69) is 20.5 Å². The number of nitrogens with one attached hydrogen (secondary N) is 3. The van der Waals surface area contributed by atoms with Gasteiger partial charge >= 0.3 is 0 Å². The molecule has 1 unspecified atom stereocenters. The molecule has 28 heavy (non-hydrogen) atoms. The second-order valence-electron chi connectivity index (χ2n) is 7.77. The fourth-order valence-corrected chi connectivity index (χ4v) is 3.88. The number of hydrogen-bond donors (Lipinski definition) is 3. The van der Waals surface area contributed by atoms with Crippen LogP contribution in [0.2, 0.25) is 0 Å². The molecule has 1 aliphatic rings. The molecular formula is C21H30N4O3. The fraction of sp³-hybridized carbons (Fsp3) is 0.524. The van der Waals surface area contributed by atoms with Crippen molar-refractivity contribution in [1.82, 2.24) is 20.5 Å². The standard InChI is InChI=1S/C21H30N4O3/c1-15(26)24-19(12-16-13-22-18-7-5-4-6-17(16)18)20(27)23-14-21(25(2)3)8-10-28-11-9-21/h4-7,13,19,22H,8-12,14H2,1-3H3,(H,23,27)(H,24,26). The Hall–Kier alpha value is -2.38. The maximum absolute atomic E-state index is 13.0. The number of nitrogens with zero attached hydrogens (tertiary/aromatic N) is 1. The molecule has 0 saturated carbocycles. The monoisotopic (exact) mass is 386 g/mol. The fourth-order valence-electron chi connectivity index (χ4n) is 3.88. The highest BCUT2D eigenvalue weighted by atomic mass is 16.5. The predicted octanol–water partition coefficient (Wildman–Crippen LogP) is 1.44. The highest BCUT2D eigenvalue weighted by Crippen LogP contribution is 2.25. The smallest absolute Gasteiger partial charge is 0.242 e. The van der Waals surface area contributed by atoms with Gasteiger partial charge in [-0.2, -0.15) is 0 Å². The Morgan fingerprint density at radius 1 is 1.25 bits per heavy atom. The number of hydrogen-bond acceptors (Lipinski definition) is 4. The molecule has 7 nitrogen and oxygen atoms in total. The Kier molecular flexibility index (Phi) is 6.36. The first kappa shape index (κ1) is 20.4. The maximum Gasteiger partial charge on any atom is 0.242 e. The van der Waals surface area contributed by atoms with E-state index in [9.17, 15) is 9.59 Å². The van der Waals surface area contributed by atoms with Gasteiger partial charge < -0.3 is 25.3 Å². The molecule has 152 valence electrons. The molecule has 3 rings (SSSR count). The van der Waals surface area contributed by atoms with Gasteiger partial charge in [-0.25, -0.2) is 0 Å². The number of amides is 2. The second kappa shape index (κ2) is 8.75. The van der Waals surface area contributed by atoms with Crippen molar-refractivity contribution in [3.05, 3.63) is 36.0 Å². The molecule has 2 aromatic rings. The van der Waals surface area contributed by atoms with Gasteiger partial charge in [-0.15, -0.1) is 0 Å². The minimum atomic E-state index is -0.615. The number of ether oxygens (including phenoxy) is 1. The average molecular weight is 386 g/mol. The zero-order chi connectivity index (χ0) is 20.1. The molecule has 0 aliphatic carbocycles. The van der Waals surface area contributed by atoms with Crippen molar-refractivity contribution in [3.8, 4) is 0 Å². The molecule has 2 amide bonds. The SMILES string of the molecule is CC(=O)NC(Cc1c[nH]c2ccccc12)C(=O)NCC1(N(C)C)CCOCC1. The summed E-state index contributed by atoms with van der Waals surface area (Å²) in [7, 11) is 4.07. The lowest BCUT2D eigenvalue weighted by Gasteiger charge is -2.43. The number of para-hydroxylation sites is 1. The summed E-state index contributed by atoms with van der Waals surface area (Å²) in [5.74, 6) is -0.374. The van der Waals surface area contributed by atoms with Crippen LogP contribution in [0.15, 0.2) is 30.5 Å². The maximum atomic E-state index is 13.0. The quantitative estimate of drug-likeness (QED) is 0.672. The lowest BCUT2D eigenvalue weighted by molar-refractivity contribution is -0.128. The minimum absolute atomic E-state index is 0.116. The van der Waals surface area contributed by atoms with Crippen molar-refractivity contribution in [2.24, 2.45) is 0 Å². The predicted molar refractivity (Wildman–Crippen MR) is 109 cm³/mol. The molecular weight excluding hydrogens is 356 g/mol. The van der Waals surface area contributed by atoms with Crippen LogP contribution in [0.5, 0.6) is 0 Å². The van der Waals surface area contributed by atoms with E-state index in [0.717, 1.165) is 29.3 Å². The van der Waals surface area contributed by atoms with Crippen molar-refractivity contribution in [2.45, 2.75) is 37.8 Å². The van der Waals surface area contributed by atoms with E-state index in [1.54, 1.807) is 0 Å². The summed E-state index contributed by atoms with van der Waals surface area (Å²) in [4.78, 5) is 30.1. The number of H-pyrrole nitrogens is 1.